The molecule has 2 unspecified atom stereocenters. The smallest absolute Gasteiger partial charge is 0.325 e. The zero-order chi connectivity index (χ0) is 19.8. The predicted molar refractivity (Wildman–Crippen MR) is 106 cm³/mol. The number of hydrogen-bond donors (Lipinski definition) is 1. The lowest BCUT2D eigenvalue weighted by atomic mass is 10.1. The van der Waals surface area contributed by atoms with E-state index in [0.717, 1.165) is 11.3 Å². The van der Waals surface area contributed by atoms with Gasteiger partial charge in [-0.1, -0.05) is 29.8 Å². The molecule has 1 aromatic carbocycles. The summed E-state index contributed by atoms with van der Waals surface area (Å²) in [5, 5.41) is 3.59. The first-order valence-corrected chi connectivity index (χ1v) is 9.69. The van der Waals surface area contributed by atoms with Gasteiger partial charge >= 0.3 is 6.03 Å². The minimum atomic E-state index is -0.587. The highest BCUT2D eigenvalue weighted by atomic mass is 32.2. The van der Waals surface area contributed by atoms with Gasteiger partial charge in [0.05, 0.1) is 0 Å². The molecule has 4 rings (SSSR count). The molecule has 2 atom stereocenters. The molecule has 0 aliphatic carbocycles. The summed E-state index contributed by atoms with van der Waals surface area (Å²) < 4.78 is 0. The topological polar surface area (TPSA) is 90.8 Å². The van der Waals surface area contributed by atoms with E-state index in [9.17, 15) is 9.59 Å². The normalized spacial score (nSPS) is 21.5. The summed E-state index contributed by atoms with van der Waals surface area (Å²) in [7, 11) is 1.64. The quantitative estimate of drug-likeness (QED) is 0.798. The number of urea groups is 1. The second kappa shape index (κ2) is 7.23. The number of aryl methyl sites for hydroxylation is 2. The molecule has 2 aliphatic heterocycles. The van der Waals surface area contributed by atoms with Crippen LogP contribution in [-0.4, -0.2) is 56.1 Å². The lowest BCUT2D eigenvalue weighted by Gasteiger charge is -2.36. The van der Waals surface area contributed by atoms with Gasteiger partial charge in [0.25, 0.3) is 5.91 Å². The maximum absolute atomic E-state index is 12.6. The van der Waals surface area contributed by atoms with Crippen molar-refractivity contribution in [3.05, 3.63) is 53.3 Å². The van der Waals surface area contributed by atoms with Gasteiger partial charge in [0.2, 0.25) is 0 Å². The number of likely N-dealkylation sites (N-methyl/N-ethyl adjacent to an activating group) is 1. The molecule has 0 saturated carbocycles. The first-order valence-electron chi connectivity index (χ1n) is 8.87. The number of hydrogen-bond acceptors (Lipinski definition) is 7. The van der Waals surface area contributed by atoms with Crippen LogP contribution < -0.4 is 5.32 Å². The van der Waals surface area contributed by atoms with Crippen LogP contribution in [0.5, 0.6) is 0 Å². The van der Waals surface area contributed by atoms with Crippen LogP contribution in [0.3, 0.4) is 0 Å². The van der Waals surface area contributed by atoms with E-state index in [-0.39, 0.29) is 5.91 Å². The van der Waals surface area contributed by atoms with Crippen molar-refractivity contribution in [2.45, 2.75) is 37.8 Å². The molecule has 2 aromatic rings. The molecule has 9 heteroatoms. The van der Waals surface area contributed by atoms with Crippen LogP contribution in [0.2, 0.25) is 0 Å². The monoisotopic (exact) mass is 396 g/mol. The number of rotatable bonds is 3. The van der Waals surface area contributed by atoms with Crippen LogP contribution in [0.15, 0.2) is 46.7 Å². The van der Waals surface area contributed by atoms with Gasteiger partial charge in [-0.3, -0.25) is 10.1 Å². The Morgan fingerprint density at radius 2 is 1.89 bits per heavy atom. The molecule has 1 fully saturated rings. The fourth-order valence-electron chi connectivity index (χ4n) is 3.20. The van der Waals surface area contributed by atoms with Crippen LogP contribution in [0, 0.1) is 13.8 Å². The average Bonchev–Trinajstić information content (AvgIpc) is 3.00. The minimum Gasteiger partial charge on any atom is -0.331 e. The van der Waals surface area contributed by atoms with Gasteiger partial charge in [-0.15, -0.1) is 0 Å². The number of amidine groups is 1. The lowest BCUT2D eigenvalue weighted by molar-refractivity contribution is -0.127. The number of carbonyl (C=O) groups is 2. The van der Waals surface area contributed by atoms with E-state index in [0.29, 0.717) is 16.9 Å². The van der Waals surface area contributed by atoms with Crippen LogP contribution in [0.1, 0.15) is 16.8 Å². The number of nitrogens with one attached hydrogen (secondary N) is 1. The van der Waals surface area contributed by atoms with Crippen molar-refractivity contribution >= 4 is 28.9 Å². The number of aliphatic imine (C=N–C) groups is 1. The molecule has 0 radical (unpaired) electrons. The zero-order valence-electron chi connectivity index (χ0n) is 15.8. The Morgan fingerprint density at radius 3 is 2.61 bits per heavy atom. The van der Waals surface area contributed by atoms with E-state index in [1.807, 2.05) is 49.1 Å². The van der Waals surface area contributed by atoms with Gasteiger partial charge in [0.1, 0.15) is 0 Å². The molecule has 2 aliphatic rings. The molecule has 0 spiro atoms. The van der Waals surface area contributed by atoms with Gasteiger partial charge in [-0.05, 0) is 37.2 Å². The second-order valence-electron chi connectivity index (χ2n) is 6.87. The van der Waals surface area contributed by atoms with E-state index >= 15 is 0 Å². The zero-order valence-corrected chi connectivity index (χ0v) is 16.6. The fourth-order valence-corrected chi connectivity index (χ4v) is 4.12. The number of amides is 3. The number of fused-ring (bicyclic) bond motifs is 1. The van der Waals surface area contributed by atoms with Gasteiger partial charge in [0, 0.05) is 25.5 Å². The van der Waals surface area contributed by atoms with Crippen LogP contribution >= 0.6 is 11.8 Å². The first kappa shape index (κ1) is 18.4. The van der Waals surface area contributed by atoms with Crippen molar-refractivity contribution in [2.75, 3.05) is 7.05 Å². The Kier molecular flexibility index (Phi) is 4.76. The third kappa shape index (κ3) is 3.45. The van der Waals surface area contributed by atoms with E-state index in [1.54, 1.807) is 13.2 Å². The predicted octanol–water partition coefficient (Wildman–Crippen LogP) is 1.93. The SMILES string of the molecule is Cc1ccc(CN2C(Sc3nccc(C)n3)=NC3C2C(=O)NC(=O)N3C)cc1. The Hall–Kier alpha value is -2.94. The third-order valence-electron chi connectivity index (χ3n) is 4.75. The van der Waals surface area contributed by atoms with Crippen LogP contribution in [0.25, 0.3) is 0 Å². The number of aromatic nitrogens is 2. The van der Waals surface area contributed by atoms with Crippen LogP contribution in [-0.2, 0) is 11.3 Å². The first-order chi connectivity index (χ1) is 13.4. The Labute approximate surface area is 167 Å². The van der Waals surface area contributed by atoms with Crippen molar-refractivity contribution in [1.29, 1.82) is 0 Å². The highest BCUT2D eigenvalue weighted by Crippen LogP contribution is 2.32. The fraction of sp³-hybridized carbons (Fsp3) is 0.316. The molecule has 0 bridgehead atoms. The molecular weight excluding hydrogens is 376 g/mol. The summed E-state index contributed by atoms with van der Waals surface area (Å²) in [6.07, 6.45) is 1.12. The molecule has 3 amide bonds. The summed E-state index contributed by atoms with van der Waals surface area (Å²) in [6.45, 7) is 4.42. The number of carbonyl (C=O) groups excluding carboxylic acids is 2. The van der Waals surface area contributed by atoms with Gasteiger partial charge in [-0.25, -0.2) is 19.8 Å². The van der Waals surface area contributed by atoms with Crippen molar-refractivity contribution < 1.29 is 9.59 Å². The molecule has 1 saturated heterocycles. The number of nitrogens with zero attached hydrogens (tertiary/aromatic N) is 5. The number of benzene rings is 1. The largest absolute Gasteiger partial charge is 0.331 e. The van der Waals surface area contributed by atoms with Crippen molar-refractivity contribution in [3.63, 3.8) is 0 Å². The summed E-state index contributed by atoms with van der Waals surface area (Å²) in [5.74, 6) is -0.343. The van der Waals surface area contributed by atoms with Crippen LogP contribution in [0.4, 0.5) is 4.79 Å². The van der Waals surface area contributed by atoms with Crippen molar-refractivity contribution in [2.24, 2.45) is 4.99 Å². The van der Waals surface area contributed by atoms with Gasteiger partial charge < -0.3 is 9.80 Å². The molecule has 3 heterocycles. The average molecular weight is 396 g/mol. The number of imide groups is 1. The Morgan fingerprint density at radius 1 is 1.14 bits per heavy atom. The summed E-state index contributed by atoms with van der Waals surface area (Å²) in [4.78, 5) is 41.4. The standard InChI is InChI=1S/C19H20N6O2S/c1-11-4-6-13(7-5-11)10-25-14-15(24(3)18(27)23-16(14)26)22-19(25)28-17-20-9-8-12(2)21-17/h4-9,14-15H,10H2,1-3H3,(H,23,26,27). The van der Waals surface area contributed by atoms with Crippen molar-refractivity contribution in [1.82, 2.24) is 25.1 Å². The molecule has 1 N–H and O–H groups in total. The van der Waals surface area contributed by atoms with Gasteiger partial charge in [-0.2, -0.15) is 0 Å². The van der Waals surface area contributed by atoms with E-state index in [2.05, 4.69) is 20.3 Å². The van der Waals surface area contributed by atoms with E-state index < -0.39 is 18.2 Å². The maximum atomic E-state index is 12.6. The summed E-state index contributed by atoms with van der Waals surface area (Å²) in [5.41, 5.74) is 3.07. The van der Waals surface area contributed by atoms with E-state index in [1.165, 1.54) is 22.2 Å². The highest BCUT2D eigenvalue weighted by molar-refractivity contribution is 8.13. The summed E-state index contributed by atoms with van der Waals surface area (Å²) in [6, 6.07) is 8.93. The highest BCUT2D eigenvalue weighted by Gasteiger charge is 2.48. The molecule has 1 aromatic heterocycles. The minimum absolute atomic E-state index is 0.343. The van der Waals surface area contributed by atoms with Crippen molar-refractivity contribution in [3.8, 4) is 0 Å². The third-order valence-corrected chi connectivity index (χ3v) is 5.65. The molecule has 144 valence electrons. The second-order valence-corrected chi connectivity index (χ2v) is 7.81. The Balaban J connectivity index is 1.68. The molecule has 8 nitrogen and oxygen atoms in total. The number of thioether (sulfide) groups is 1. The van der Waals surface area contributed by atoms with Gasteiger partial charge in [0.15, 0.2) is 22.5 Å². The van der Waals surface area contributed by atoms with E-state index in [4.69, 9.17) is 0 Å². The molecule has 28 heavy (non-hydrogen) atoms. The Bertz CT molecular complexity index is 961. The molecular formula is C19H20N6O2S. The summed E-state index contributed by atoms with van der Waals surface area (Å²) >= 11 is 1.30. The lowest BCUT2D eigenvalue weighted by Crippen LogP contribution is -2.63. The maximum Gasteiger partial charge on any atom is 0.325 e.